The molecule has 0 aromatic rings. The number of carbonyl (C=O) groups excluding carboxylic acids is 1. The minimum absolute atomic E-state index is 0.139. The Kier molecular flexibility index (Phi) is 6.27. The molecule has 19 heavy (non-hydrogen) atoms. The highest BCUT2D eigenvalue weighted by Gasteiger charge is 2.33. The van der Waals surface area contributed by atoms with E-state index in [9.17, 15) is 9.90 Å². The molecule has 4 heteroatoms. The highest BCUT2D eigenvalue weighted by molar-refractivity contribution is 5.81. The number of hydrogen-bond donors (Lipinski definition) is 3. The molecule has 1 unspecified atom stereocenters. The van der Waals surface area contributed by atoms with Gasteiger partial charge in [0.1, 0.15) is 0 Å². The first-order valence-corrected chi connectivity index (χ1v) is 7.67. The third kappa shape index (κ3) is 4.77. The van der Waals surface area contributed by atoms with Crippen molar-refractivity contribution in [1.29, 1.82) is 0 Å². The van der Waals surface area contributed by atoms with Crippen LogP contribution in [0.1, 0.15) is 59.3 Å². The summed E-state index contributed by atoms with van der Waals surface area (Å²) in [5.41, 5.74) is 5.15. The monoisotopic (exact) mass is 270 g/mol. The molecule has 4 nitrogen and oxygen atoms in total. The fourth-order valence-corrected chi connectivity index (χ4v) is 2.68. The quantitative estimate of drug-likeness (QED) is 0.689. The van der Waals surface area contributed by atoms with Crippen molar-refractivity contribution >= 4 is 5.91 Å². The van der Waals surface area contributed by atoms with Crippen molar-refractivity contribution in [3.05, 3.63) is 0 Å². The molecule has 0 aromatic carbocycles. The third-order valence-corrected chi connectivity index (χ3v) is 4.76. The highest BCUT2D eigenvalue weighted by Crippen LogP contribution is 2.33. The molecule has 0 radical (unpaired) electrons. The summed E-state index contributed by atoms with van der Waals surface area (Å²) in [6.07, 6.45) is 5.74. The summed E-state index contributed by atoms with van der Waals surface area (Å²) in [6, 6.07) is -0.472. The van der Waals surface area contributed by atoms with Crippen LogP contribution in [-0.4, -0.2) is 29.2 Å². The van der Waals surface area contributed by atoms with E-state index in [1.165, 1.54) is 6.42 Å². The van der Waals surface area contributed by atoms with Crippen LogP contribution in [-0.2, 0) is 4.79 Å². The molecule has 0 spiro atoms. The van der Waals surface area contributed by atoms with E-state index in [0.717, 1.165) is 38.0 Å². The molecule has 1 amide bonds. The van der Waals surface area contributed by atoms with Gasteiger partial charge in [-0.05, 0) is 37.5 Å². The normalized spacial score (nSPS) is 30.7. The molecule has 2 atom stereocenters. The minimum atomic E-state index is -0.726. The molecule has 1 aliphatic carbocycles. The van der Waals surface area contributed by atoms with Gasteiger partial charge < -0.3 is 16.2 Å². The van der Waals surface area contributed by atoms with Gasteiger partial charge in [0.05, 0.1) is 11.6 Å². The number of hydrogen-bond acceptors (Lipinski definition) is 3. The van der Waals surface area contributed by atoms with E-state index in [1.807, 2.05) is 13.8 Å². The van der Waals surface area contributed by atoms with Gasteiger partial charge in [0.2, 0.25) is 5.91 Å². The van der Waals surface area contributed by atoms with Gasteiger partial charge in [0.25, 0.3) is 0 Å². The van der Waals surface area contributed by atoms with Crippen LogP contribution in [0.25, 0.3) is 0 Å². The summed E-state index contributed by atoms with van der Waals surface area (Å²) in [7, 11) is 0. The summed E-state index contributed by atoms with van der Waals surface area (Å²) in [6.45, 7) is 6.54. The van der Waals surface area contributed by atoms with Gasteiger partial charge in [0.15, 0.2) is 0 Å². The Labute approximate surface area is 117 Å². The van der Waals surface area contributed by atoms with Crippen molar-refractivity contribution in [2.75, 3.05) is 6.54 Å². The topological polar surface area (TPSA) is 75.3 Å². The van der Waals surface area contributed by atoms with Gasteiger partial charge in [-0.15, -0.1) is 0 Å². The second-order valence-corrected chi connectivity index (χ2v) is 6.21. The van der Waals surface area contributed by atoms with Crippen molar-refractivity contribution < 1.29 is 9.90 Å². The average Bonchev–Trinajstić information content (AvgIpc) is 2.44. The predicted octanol–water partition coefficient (Wildman–Crippen LogP) is 1.81. The van der Waals surface area contributed by atoms with Crippen LogP contribution in [0, 0.1) is 11.8 Å². The van der Waals surface area contributed by atoms with E-state index in [0.29, 0.717) is 6.54 Å². The Hall–Kier alpha value is -0.610. The first-order chi connectivity index (χ1) is 8.91. The minimum Gasteiger partial charge on any atom is -0.388 e. The van der Waals surface area contributed by atoms with Crippen LogP contribution in [0.4, 0.5) is 0 Å². The van der Waals surface area contributed by atoms with E-state index in [4.69, 9.17) is 5.73 Å². The Morgan fingerprint density at radius 2 is 2.00 bits per heavy atom. The molecule has 0 saturated heterocycles. The lowest BCUT2D eigenvalue weighted by Crippen LogP contribution is -2.51. The first-order valence-electron chi connectivity index (χ1n) is 7.67. The van der Waals surface area contributed by atoms with Crippen LogP contribution >= 0.6 is 0 Å². The lowest BCUT2D eigenvalue weighted by Gasteiger charge is -2.36. The molecule has 0 bridgehead atoms. The van der Waals surface area contributed by atoms with Gasteiger partial charge in [0, 0.05) is 6.54 Å². The maximum atomic E-state index is 11.9. The fourth-order valence-electron chi connectivity index (χ4n) is 2.68. The summed E-state index contributed by atoms with van der Waals surface area (Å²) < 4.78 is 0. The molecular formula is C15H30N2O2. The molecule has 1 rings (SSSR count). The van der Waals surface area contributed by atoms with Gasteiger partial charge in [-0.1, -0.05) is 33.6 Å². The van der Waals surface area contributed by atoms with Gasteiger partial charge in [-0.25, -0.2) is 0 Å². The number of amides is 1. The van der Waals surface area contributed by atoms with Crippen molar-refractivity contribution in [1.82, 2.24) is 5.32 Å². The number of aliphatic hydroxyl groups is 1. The molecule has 112 valence electrons. The number of nitrogens with two attached hydrogens (primary N) is 1. The largest absolute Gasteiger partial charge is 0.388 e. The molecule has 0 heterocycles. The summed E-state index contributed by atoms with van der Waals surface area (Å²) in [5.74, 6) is 0.768. The average molecular weight is 270 g/mol. The molecular weight excluding hydrogens is 240 g/mol. The zero-order chi connectivity index (χ0) is 14.5. The second-order valence-electron chi connectivity index (χ2n) is 6.21. The smallest absolute Gasteiger partial charge is 0.237 e. The number of rotatable bonds is 6. The number of nitrogens with one attached hydrogen (secondary N) is 1. The lowest BCUT2D eigenvalue weighted by atomic mass is 9.78. The van der Waals surface area contributed by atoms with E-state index in [1.54, 1.807) is 0 Å². The standard InChI is InChI=1S/C15H30N2O2/c1-4-11(3)13(16)14(18)17-10-15(19)8-6-12(5-2)7-9-15/h11-13,19H,4-10,16H2,1-3H3,(H,17,18)/t11?,12?,13-,15?/m0/s1. The maximum absolute atomic E-state index is 11.9. The van der Waals surface area contributed by atoms with Crippen LogP contribution in [0.15, 0.2) is 0 Å². The Morgan fingerprint density at radius 1 is 1.42 bits per heavy atom. The second kappa shape index (κ2) is 7.25. The Bertz CT molecular complexity index is 286. The van der Waals surface area contributed by atoms with Gasteiger partial charge in [-0.2, -0.15) is 0 Å². The van der Waals surface area contributed by atoms with Crippen LogP contribution in [0.5, 0.6) is 0 Å². The summed E-state index contributed by atoms with van der Waals surface area (Å²) in [4.78, 5) is 11.9. The van der Waals surface area contributed by atoms with Gasteiger partial charge >= 0.3 is 0 Å². The van der Waals surface area contributed by atoms with Crippen LogP contribution in [0.3, 0.4) is 0 Å². The molecule has 0 aromatic heterocycles. The van der Waals surface area contributed by atoms with E-state index in [2.05, 4.69) is 12.2 Å². The number of carbonyl (C=O) groups is 1. The van der Waals surface area contributed by atoms with E-state index >= 15 is 0 Å². The van der Waals surface area contributed by atoms with Crippen LogP contribution in [0.2, 0.25) is 0 Å². The molecule has 1 saturated carbocycles. The first kappa shape index (κ1) is 16.4. The third-order valence-electron chi connectivity index (χ3n) is 4.76. The molecule has 1 fully saturated rings. The van der Waals surface area contributed by atoms with Crippen molar-refractivity contribution in [2.45, 2.75) is 70.9 Å². The van der Waals surface area contributed by atoms with Crippen LogP contribution < -0.4 is 11.1 Å². The predicted molar refractivity (Wildman–Crippen MR) is 77.6 cm³/mol. The SMILES string of the molecule is CCC1CCC(O)(CNC(=O)[C@@H](N)C(C)CC)CC1. The Balaban J connectivity index is 2.37. The van der Waals surface area contributed by atoms with Crippen molar-refractivity contribution in [3.63, 3.8) is 0 Å². The molecule has 1 aliphatic rings. The van der Waals surface area contributed by atoms with Gasteiger partial charge in [-0.3, -0.25) is 4.79 Å². The maximum Gasteiger partial charge on any atom is 0.237 e. The van der Waals surface area contributed by atoms with Crippen molar-refractivity contribution in [2.24, 2.45) is 17.6 Å². The summed E-state index contributed by atoms with van der Waals surface area (Å²) >= 11 is 0. The zero-order valence-electron chi connectivity index (χ0n) is 12.6. The van der Waals surface area contributed by atoms with E-state index in [-0.39, 0.29) is 11.8 Å². The highest BCUT2D eigenvalue weighted by atomic mass is 16.3. The molecule has 4 N–H and O–H groups in total. The summed E-state index contributed by atoms with van der Waals surface area (Å²) in [5, 5.41) is 13.3. The lowest BCUT2D eigenvalue weighted by molar-refractivity contribution is -0.125. The zero-order valence-corrected chi connectivity index (χ0v) is 12.6. The Morgan fingerprint density at radius 3 is 2.47 bits per heavy atom. The van der Waals surface area contributed by atoms with E-state index < -0.39 is 11.6 Å². The molecule has 0 aliphatic heterocycles. The van der Waals surface area contributed by atoms with Crippen molar-refractivity contribution in [3.8, 4) is 0 Å². The fraction of sp³-hybridized carbons (Fsp3) is 0.933.